The van der Waals surface area contributed by atoms with Crippen LogP contribution in [0.5, 0.6) is 11.5 Å². The Morgan fingerprint density at radius 1 is 0.548 bits per heavy atom. The molecule has 0 spiro atoms. The molecule has 4 aromatic carbocycles. The van der Waals surface area contributed by atoms with Gasteiger partial charge in [0.15, 0.2) is 0 Å². The van der Waals surface area contributed by atoms with Crippen molar-refractivity contribution in [1.82, 2.24) is 0 Å². The van der Waals surface area contributed by atoms with Gasteiger partial charge in [-0.1, -0.05) is 60.7 Å². The van der Waals surface area contributed by atoms with Crippen LogP contribution in [0.25, 0.3) is 22.3 Å². The highest BCUT2D eigenvalue weighted by atomic mass is 16.5. The summed E-state index contributed by atoms with van der Waals surface area (Å²) in [6, 6.07) is 36.3. The van der Waals surface area contributed by atoms with E-state index in [2.05, 4.69) is 30.3 Å². The van der Waals surface area contributed by atoms with Crippen molar-refractivity contribution >= 4 is 11.0 Å². The first kappa shape index (κ1) is 19.0. The molecule has 0 aliphatic heterocycles. The molecule has 0 aliphatic carbocycles. The molecule has 1 aromatic heterocycles. The van der Waals surface area contributed by atoms with E-state index in [0.717, 1.165) is 44.9 Å². The third kappa shape index (κ3) is 4.62. The van der Waals surface area contributed by atoms with E-state index in [0.29, 0.717) is 13.2 Å². The van der Waals surface area contributed by atoms with Crippen LogP contribution in [0.15, 0.2) is 114 Å². The molecule has 31 heavy (non-hydrogen) atoms. The Labute approximate surface area is 181 Å². The van der Waals surface area contributed by atoms with Crippen molar-refractivity contribution in [1.29, 1.82) is 0 Å². The summed E-state index contributed by atoms with van der Waals surface area (Å²) < 4.78 is 17.9. The number of fused-ring (bicyclic) bond motifs is 1. The second-order valence-electron chi connectivity index (χ2n) is 7.38. The topological polar surface area (TPSA) is 31.6 Å². The fourth-order valence-corrected chi connectivity index (χ4v) is 3.44. The molecule has 0 atom stereocenters. The van der Waals surface area contributed by atoms with Crippen LogP contribution < -0.4 is 9.47 Å². The van der Waals surface area contributed by atoms with Crippen molar-refractivity contribution in [2.24, 2.45) is 0 Å². The van der Waals surface area contributed by atoms with Gasteiger partial charge in [0.1, 0.15) is 36.1 Å². The highest BCUT2D eigenvalue weighted by molar-refractivity contribution is 5.84. The minimum absolute atomic E-state index is 0.532. The van der Waals surface area contributed by atoms with Gasteiger partial charge in [-0.15, -0.1) is 0 Å². The van der Waals surface area contributed by atoms with Gasteiger partial charge in [0, 0.05) is 17.0 Å². The third-order valence-corrected chi connectivity index (χ3v) is 5.13. The summed E-state index contributed by atoms with van der Waals surface area (Å²) in [6.07, 6.45) is 0. The zero-order valence-corrected chi connectivity index (χ0v) is 17.0. The Morgan fingerprint density at radius 2 is 1.13 bits per heavy atom. The van der Waals surface area contributed by atoms with Crippen molar-refractivity contribution < 1.29 is 13.9 Å². The lowest BCUT2D eigenvalue weighted by Gasteiger charge is -2.06. The predicted octanol–water partition coefficient (Wildman–Crippen LogP) is 7.26. The number of furan rings is 1. The Bertz CT molecular complexity index is 1260. The quantitative estimate of drug-likeness (QED) is 0.285. The van der Waals surface area contributed by atoms with Crippen LogP contribution in [-0.2, 0) is 13.2 Å². The van der Waals surface area contributed by atoms with Gasteiger partial charge in [-0.3, -0.25) is 0 Å². The molecule has 5 aromatic rings. The minimum Gasteiger partial charge on any atom is -0.489 e. The van der Waals surface area contributed by atoms with Crippen LogP contribution in [0.3, 0.4) is 0 Å². The molecule has 152 valence electrons. The summed E-state index contributed by atoms with van der Waals surface area (Å²) in [4.78, 5) is 0. The van der Waals surface area contributed by atoms with E-state index in [9.17, 15) is 0 Å². The van der Waals surface area contributed by atoms with Crippen LogP contribution >= 0.6 is 0 Å². The number of hydrogen-bond acceptors (Lipinski definition) is 3. The molecular formula is C28H22O3. The van der Waals surface area contributed by atoms with Crippen molar-refractivity contribution in [3.05, 3.63) is 120 Å². The highest BCUT2D eigenvalue weighted by Crippen LogP contribution is 2.31. The lowest BCUT2D eigenvalue weighted by molar-refractivity contribution is 0.306. The van der Waals surface area contributed by atoms with Gasteiger partial charge >= 0.3 is 0 Å². The zero-order valence-electron chi connectivity index (χ0n) is 17.0. The summed E-state index contributed by atoms with van der Waals surface area (Å²) in [7, 11) is 0. The molecule has 0 aliphatic rings. The van der Waals surface area contributed by atoms with E-state index in [1.165, 1.54) is 0 Å². The number of rotatable bonds is 7. The molecule has 0 unspecified atom stereocenters. The molecule has 0 fully saturated rings. The van der Waals surface area contributed by atoms with E-state index < -0.39 is 0 Å². The van der Waals surface area contributed by atoms with Gasteiger partial charge in [0.25, 0.3) is 0 Å². The Balaban J connectivity index is 1.27. The summed E-state index contributed by atoms with van der Waals surface area (Å²) in [5.41, 5.74) is 4.10. The summed E-state index contributed by atoms with van der Waals surface area (Å²) >= 11 is 0. The number of hydrogen-bond donors (Lipinski definition) is 0. The molecule has 0 saturated heterocycles. The molecule has 0 radical (unpaired) electrons. The first-order valence-electron chi connectivity index (χ1n) is 10.3. The van der Waals surface area contributed by atoms with Crippen molar-refractivity contribution in [3.63, 3.8) is 0 Å². The van der Waals surface area contributed by atoms with Crippen LogP contribution in [0, 0.1) is 0 Å². The molecule has 1 heterocycles. The number of benzene rings is 4. The SMILES string of the molecule is c1ccc(COc2ccc(-c3cc4ccc(OCc5ccccc5)cc4o3)cc2)cc1. The molecular weight excluding hydrogens is 384 g/mol. The van der Waals surface area contributed by atoms with Crippen molar-refractivity contribution in [2.45, 2.75) is 13.2 Å². The average molecular weight is 406 g/mol. The van der Waals surface area contributed by atoms with E-state index in [-0.39, 0.29) is 0 Å². The molecule has 0 N–H and O–H groups in total. The van der Waals surface area contributed by atoms with Crippen LogP contribution in [0.2, 0.25) is 0 Å². The van der Waals surface area contributed by atoms with Crippen molar-refractivity contribution in [3.8, 4) is 22.8 Å². The second kappa shape index (κ2) is 8.80. The van der Waals surface area contributed by atoms with Gasteiger partial charge in [-0.05, 0) is 53.6 Å². The maximum Gasteiger partial charge on any atom is 0.138 e. The van der Waals surface area contributed by atoms with E-state index in [1.54, 1.807) is 0 Å². The van der Waals surface area contributed by atoms with Gasteiger partial charge in [0.05, 0.1) is 0 Å². The summed E-state index contributed by atoms with van der Waals surface area (Å²) in [5.74, 6) is 2.45. The molecule has 0 amide bonds. The standard InChI is InChI=1S/C28H22O3/c1-3-7-21(8-4-1)19-29-25-14-11-23(12-15-25)27-17-24-13-16-26(18-28(24)31-27)30-20-22-9-5-2-6-10-22/h1-18H,19-20H2. The van der Waals surface area contributed by atoms with Crippen LogP contribution in [0.1, 0.15) is 11.1 Å². The predicted molar refractivity (Wildman–Crippen MR) is 123 cm³/mol. The Morgan fingerprint density at radius 3 is 1.77 bits per heavy atom. The average Bonchev–Trinajstić information content (AvgIpc) is 3.26. The fourth-order valence-electron chi connectivity index (χ4n) is 3.44. The minimum atomic E-state index is 0.532. The Hall–Kier alpha value is -3.98. The summed E-state index contributed by atoms with van der Waals surface area (Å²) in [6.45, 7) is 1.08. The third-order valence-electron chi connectivity index (χ3n) is 5.13. The first-order chi connectivity index (χ1) is 15.3. The molecule has 3 heteroatoms. The highest BCUT2D eigenvalue weighted by Gasteiger charge is 2.08. The lowest BCUT2D eigenvalue weighted by Crippen LogP contribution is -1.94. The smallest absolute Gasteiger partial charge is 0.138 e. The van der Waals surface area contributed by atoms with Gasteiger partial charge in [-0.2, -0.15) is 0 Å². The summed E-state index contributed by atoms with van der Waals surface area (Å²) in [5, 5.41) is 1.05. The second-order valence-corrected chi connectivity index (χ2v) is 7.38. The van der Waals surface area contributed by atoms with E-state index in [1.807, 2.05) is 78.9 Å². The first-order valence-corrected chi connectivity index (χ1v) is 10.3. The maximum absolute atomic E-state index is 6.10. The maximum atomic E-state index is 6.10. The van der Waals surface area contributed by atoms with Gasteiger partial charge in [0.2, 0.25) is 0 Å². The van der Waals surface area contributed by atoms with E-state index >= 15 is 0 Å². The van der Waals surface area contributed by atoms with Gasteiger partial charge < -0.3 is 13.9 Å². The zero-order chi connectivity index (χ0) is 20.9. The van der Waals surface area contributed by atoms with Crippen molar-refractivity contribution in [2.75, 3.05) is 0 Å². The van der Waals surface area contributed by atoms with Crippen LogP contribution in [0.4, 0.5) is 0 Å². The largest absolute Gasteiger partial charge is 0.489 e. The van der Waals surface area contributed by atoms with E-state index in [4.69, 9.17) is 13.9 Å². The van der Waals surface area contributed by atoms with Gasteiger partial charge in [-0.25, -0.2) is 0 Å². The lowest BCUT2D eigenvalue weighted by atomic mass is 10.1. The number of ether oxygens (including phenoxy) is 2. The molecule has 5 rings (SSSR count). The van der Waals surface area contributed by atoms with Crippen LogP contribution in [-0.4, -0.2) is 0 Å². The fraction of sp³-hybridized carbons (Fsp3) is 0.0714. The normalized spacial score (nSPS) is 10.8. The monoisotopic (exact) mass is 406 g/mol. The molecule has 0 saturated carbocycles. The Kier molecular flexibility index (Phi) is 5.40. The molecule has 0 bridgehead atoms. The molecule has 3 nitrogen and oxygen atoms in total.